The van der Waals surface area contributed by atoms with Gasteiger partial charge in [-0.1, -0.05) is 143 Å². The minimum Gasteiger partial charge on any atom is -0.457 e. The Morgan fingerprint density at radius 2 is 1.03 bits per heavy atom. The van der Waals surface area contributed by atoms with Crippen LogP contribution in [0, 0.1) is 13.8 Å². The number of pyridine rings is 1. The van der Waals surface area contributed by atoms with Crippen LogP contribution in [-0.2, 0) is 5.41 Å². The van der Waals surface area contributed by atoms with Gasteiger partial charge >= 0.3 is 0 Å². The van der Waals surface area contributed by atoms with E-state index in [1.54, 1.807) is 0 Å². The zero-order valence-electron chi connectivity index (χ0n) is 44.1. The van der Waals surface area contributed by atoms with Gasteiger partial charge in [-0.2, -0.15) is 0 Å². The molecule has 2 aromatic heterocycles. The van der Waals surface area contributed by atoms with Crippen LogP contribution in [0.3, 0.4) is 0 Å². The lowest BCUT2D eigenvalue weighted by atomic mass is 9.85. The fourth-order valence-electron chi connectivity index (χ4n) is 10.9. The van der Waals surface area contributed by atoms with E-state index in [0.717, 1.165) is 45.0 Å². The number of hydrogen-bond donors (Lipinski definition) is 0. The van der Waals surface area contributed by atoms with Crippen LogP contribution in [0.1, 0.15) is 139 Å². The van der Waals surface area contributed by atoms with Crippen molar-refractivity contribution in [2.75, 3.05) is 16.5 Å². The van der Waals surface area contributed by atoms with E-state index in [1.807, 2.05) is 6.20 Å². The maximum Gasteiger partial charge on any atom is 0.137 e. The molecule has 3 heterocycles. The van der Waals surface area contributed by atoms with Gasteiger partial charge in [-0.15, -0.1) is 0 Å². The molecule has 0 aliphatic carbocycles. The summed E-state index contributed by atoms with van der Waals surface area (Å²) in [7, 11) is 0. The number of ether oxygens (including phenoxy) is 1. The maximum absolute atomic E-state index is 7.21. The summed E-state index contributed by atoms with van der Waals surface area (Å²) in [5.74, 6) is 3.90. The number of aromatic nitrogens is 2. The predicted molar refractivity (Wildman–Crippen MR) is 303 cm³/mol. The second-order valence-corrected chi connectivity index (χ2v) is 22.2. The summed E-state index contributed by atoms with van der Waals surface area (Å²) >= 11 is 0. The number of para-hydroxylation sites is 1. The number of hydrogen-bond acceptors (Lipinski definition) is 4. The largest absolute Gasteiger partial charge is 0.457 e. The van der Waals surface area contributed by atoms with Crippen LogP contribution in [0.2, 0.25) is 0 Å². The summed E-state index contributed by atoms with van der Waals surface area (Å²) in [5, 5.41) is 2.35. The molecule has 1 aliphatic heterocycles. The summed E-state index contributed by atoms with van der Waals surface area (Å²) < 4.78 is 9.50. The molecule has 5 nitrogen and oxygen atoms in total. The van der Waals surface area contributed by atoms with Crippen molar-refractivity contribution in [1.82, 2.24) is 9.55 Å². The number of aryl methyl sites for hydroxylation is 2. The van der Waals surface area contributed by atoms with Crippen LogP contribution in [0.25, 0.3) is 49.9 Å². The number of nitrogens with zero attached hydrogens (tertiary/aromatic N) is 4. The van der Waals surface area contributed by atoms with Crippen LogP contribution in [0.4, 0.5) is 22.7 Å². The van der Waals surface area contributed by atoms with Crippen molar-refractivity contribution >= 4 is 44.6 Å². The molecule has 0 radical (unpaired) electrons. The normalized spacial score (nSPS) is 13.0. The fourth-order valence-corrected chi connectivity index (χ4v) is 10.9. The molecule has 0 N–H and O–H groups in total. The minimum atomic E-state index is -0.0251. The number of fused-ring (bicyclic) bond motifs is 4. The first-order valence-corrected chi connectivity index (χ1v) is 25.8. The Kier molecular flexibility index (Phi) is 12.4. The minimum absolute atomic E-state index is 0.0251. The van der Waals surface area contributed by atoms with Crippen LogP contribution in [0.5, 0.6) is 11.5 Å². The van der Waals surface area contributed by atoms with Crippen molar-refractivity contribution in [1.29, 1.82) is 0 Å². The van der Waals surface area contributed by atoms with E-state index in [1.165, 1.54) is 78.1 Å². The Morgan fingerprint density at radius 1 is 0.479 bits per heavy atom. The summed E-state index contributed by atoms with van der Waals surface area (Å²) in [6.07, 6.45) is 1.94. The summed E-state index contributed by atoms with van der Waals surface area (Å²) in [4.78, 5) is 9.96. The SMILES string of the molecule is Cc1cc2c(cc1C)N(c1cc(Oc3ccc4c5ccccc5n(-c5cc(C(C)(C)C)ccn5)c4c3)cc(-c3c(C(C)C)cccc3C(C)C)c1)CN2c1cccc(-c2c(C(C)C)cccc2C(C)C)c1. The molecular weight excluding hydrogens is 865 g/mol. The van der Waals surface area contributed by atoms with E-state index < -0.39 is 0 Å². The average molecular weight is 935 g/mol. The maximum atomic E-state index is 7.21. The van der Waals surface area contributed by atoms with E-state index in [0.29, 0.717) is 30.3 Å². The Labute approximate surface area is 422 Å². The lowest BCUT2D eigenvalue weighted by Crippen LogP contribution is -2.24. The third-order valence-corrected chi connectivity index (χ3v) is 14.9. The van der Waals surface area contributed by atoms with Crippen LogP contribution < -0.4 is 14.5 Å². The molecule has 0 bridgehead atoms. The van der Waals surface area contributed by atoms with Gasteiger partial charge in [-0.3, -0.25) is 4.57 Å². The van der Waals surface area contributed by atoms with E-state index >= 15 is 0 Å². The van der Waals surface area contributed by atoms with Gasteiger partial charge in [0.15, 0.2) is 0 Å². The lowest BCUT2D eigenvalue weighted by Gasteiger charge is -2.26. The molecule has 9 aromatic rings. The molecule has 10 rings (SSSR count). The molecule has 5 heteroatoms. The summed E-state index contributed by atoms with van der Waals surface area (Å²) in [6.45, 7) is 30.3. The van der Waals surface area contributed by atoms with Gasteiger partial charge in [-0.05, 0) is 171 Å². The Hall–Kier alpha value is -7.11. The van der Waals surface area contributed by atoms with Crippen LogP contribution >= 0.6 is 0 Å². The van der Waals surface area contributed by atoms with Gasteiger partial charge in [-0.25, -0.2) is 4.98 Å². The van der Waals surface area contributed by atoms with Gasteiger partial charge in [0.25, 0.3) is 0 Å². The first kappa shape index (κ1) is 47.6. The third-order valence-electron chi connectivity index (χ3n) is 14.9. The highest BCUT2D eigenvalue weighted by Gasteiger charge is 2.31. The fraction of sp³-hybridized carbons (Fsp3) is 0.288. The van der Waals surface area contributed by atoms with Crippen molar-refractivity contribution in [3.05, 3.63) is 191 Å². The van der Waals surface area contributed by atoms with Crippen molar-refractivity contribution in [2.24, 2.45) is 0 Å². The monoisotopic (exact) mass is 935 g/mol. The molecule has 71 heavy (non-hydrogen) atoms. The second-order valence-electron chi connectivity index (χ2n) is 22.2. The van der Waals surface area contributed by atoms with Crippen molar-refractivity contribution < 1.29 is 4.74 Å². The molecule has 0 amide bonds. The highest BCUT2D eigenvalue weighted by molar-refractivity contribution is 6.09. The van der Waals surface area contributed by atoms with Crippen molar-refractivity contribution in [3.8, 4) is 39.6 Å². The van der Waals surface area contributed by atoms with Crippen LogP contribution in [-0.4, -0.2) is 16.2 Å². The molecule has 0 spiro atoms. The zero-order chi connectivity index (χ0) is 50.0. The molecule has 0 saturated carbocycles. The molecule has 360 valence electrons. The molecule has 7 aromatic carbocycles. The topological polar surface area (TPSA) is 33.5 Å². The number of rotatable bonds is 11. The molecular formula is C66H70N4O. The first-order valence-electron chi connectivity index (χ1n) is 25.8. The Morgan fingerprint density at radius 3 is 1.63 bits per heavy atom. The van der Waals surface area contributed by atoms with Gasteiger partial charge < -0.3 is 14.5 Å². The highest BCUT2D eigenvalue weighted by atomic mass is 16.5. The van der Waals surface area contributed by atoms with E-state index in [9.17, 15) is 0 Å². The predicted octanol–water partition coefficient (Wildman–Crippen LogP) is 19.0. The third kappa shape index (κ3) is 8.79. The van der Waals surface area contributed by atoms with Crippen molar-refractivity contribution in [2.45, 2.75) is 119 Å². The summed E-state index contributed by atoms with van der Waals surface area (Å²) in [5.41, 5.74) is 21.1. The first-order chi connectivity index (χ1) is 34.0. The molecule has 0 fully saturated rings. The Bertz CT molecular complexity index is 3420. The molecule has 1 aliphatic rings. The van der Waals surface area contributed by atoms with Crippen molar-refractivity contribution in [3.63, 3.8) is 0 Å². The number of anilines is 4. The van der Waals surface area contributed by atoms with Gasteiger partial charge in [0.1, 0.15) is 24.0 Å². The van der Waals surface area contributed by atoms with Gasteiger partial charge in [0, 0.05) is 40.5 Å². The molecule has 0 unspecified atom stereocenters. The molecule has 0 saturated heterocycles. The van der Waals surface area contributed by atoms with E-state index in [-0.39, 0.29) is 5.41 Å². The van der Waals surface area contributed by atoms with Gasteiger partial charge in [0.2, 0.25) is 0 Å². The number of benzene rings is 7. The Balaban J connectivity index is 1.14. The highest BCUT2D eigenvalue weighted by Crippen LogP contribution is 2.49. The quantitative estimate of drug-likeness (QED) is 0.129. The standard InChI is InChI=1S/C66H70N4O/c1-40(2)53-22-17-23-54(41(3)4)64(53)46-19-16-20-49(33-46)68-39-69(62-32-45(10)44(9)31-61(62)68)50-34-47(65-55(42(5)6)24-18-25-56(65)43(7)8)35-52(37-50)71-51-27-28-58-57-21-14-15-26-59(57)70(60(58)38-51)63-36-48(29-30-67-63)66(11,12)13/h14-38,40-43H,39H2,1-13H3. The summed E-state index contributed by atoms with van der Waals surface area (Å²) in [6, 6.07) is 54.2. The lowest BCUT2D eigenvalue weighted by molar-refractivity contribution is 0.483. The molecule has 0 atom stereocenters. The average Bonchev–Trinajstić information content (AvgIpc) is 3.88. The van der Waals surface area contributed by atoms with E-state index in [4.69, 9.17) is 9.72 Å². The zero-order valence-corrected chi connectivity index (χ0v) is 44.1. The smallest absolute Gasteiger partial charge is 0.137 e. The van der Waals surface area contributed by atoms with Crippen LogP contribution in [0.15, 0.2) is 152 Å². The van der Waals surface area contributed by atoms with E-state index in [2.05, 4.69) is 250 Å². The second kappa shape index (κ2) is 18.6. The van der Waals surface area contributed by atoms with Gasteiger partial charge in [0.05, 0.1) is 22.4 Å².